The number of hydrogen-bond donors (Lipinski definition) is 0. The van der Waals surface area contributed by atoms with E-state index in [0.717, 1.165) is 55.4 Å². The minimum absolute atomic E-state index is 0.660. The fourth-order valence-corrected chi connectivity index (χ4v) is 575. The van der Waals surface area contributed by atoms with Gasteiger partial charge in [-0.05, 0) is 11.1 Å². The molecule has 0 radical (unpaired) electrons. The highest BCUT2D eigenvalue weighted by molar-refractivity contribution is 8.45. The lowest BCUT2D eigenvalue weighted by Crippen LogP contribution is -3.26. The zero-order chi connectivity index (χ0) is 36.9. The first-order valence-corrected chi connectivity index (χ1v) is 47.9. The van der Waals surface area contributed by atoms with E-state index >= 15 is 0 Å². The van der Waals surface area contributed by atoms with E-state index in [1.807, 2.05) is 0 Å². The van der Waals surface area contributed by atoms with Crippen molar-refractivity contribution in [2.75, 3.05) is 0 Å². The summed E-state index contributed by atoms with van der Waals surface area (Å²) in [6, 6.07) is 0. The molecule has 0 amide bonds. The normalized spacial score (nSPS) is 33.8. The number of fused-ring (bicyclic) bond motifs is 1. The van der Waals surface area contributed by atoms with Gasteiger partial charge in [-0.25, -0.2) is 0 Å². The summed E-state index contributed by atoms with van der Waals surface area (Å²) in [4.78, 5) is 0. The highest BCUT2D eigenvalue weighted by atomic mass is 35.6. The van der Waals surface area contributed by atoms with E-state index in [0.29, 0.717) is 11.1 Å². The number of hydrogen-bond acceptors (Lipinski definition) is 0. The maximum atomic E-state index is 9.87. The van der Waals surface area contributed by atoms with Gasteiger partial charge in [-0.2, -0.15) is 22.2 Å². The van der Waals surface area contributed by atoms with Crippen LogP contribution >= 0.6 is 22.2 Å². The van der Waals surface area contributed by atoms with Gasteiger partial charge in [0, 0.05) is 14.2 Å². The molecule has 0 aromatic carbocycles. The Hall–Kier alpha value is 2.32. The topological polar surface area (TPSA) is 0 Å². The lowest BCUT2D eigenvalue weighted by atomic mass is 10.5. The van der Waals surface area contributed by atoms with Crippen molar-refractivity contribution in [2.24, 2.45) is 0 Å². The van der Waals surface area contributed by atoms with Crippen molar-refractivity contribution in [1.29, 1.82) is 0 Å². The van der Waals surface area contributed by atoms with Crippen molar-refractivity contribution in [2.45, 2.75) is 233 Å². The van der Waals surface area contributed by atoms with Crippen LogP contribution < -0.4 is 0 Å². The van der Waals surface area contributed by atoms with E-state index in [1.54, 1.807) is 0 Å². The second-order valence-corrected chi connectivity index (χ2v) is 116. The zero-order valence-electron chi connectivity index (χ0n) is 35.7. The summed E-state index contributed by atoms with van der Waals surface area (Å²) in [5, 5.41) is 0. The van der Waals surface area contributed by atoms with Crippen LogP contribution in [0.3, 0.4) is 0 Å². The van der Waals surface area contributed by atoms with E-state index in [1.165, 1.54) is 0 Å². The van der Waals surface area contributed by atoms with E-state index in [4.69, 9.17) is 0 Å². The van der Waals surface area contributed by atoms with E-state index in [9.17, 15) is 22.2 Å². The van der Waals surface area contributed by atoms with Crippen molar-refractivity contribution in [1.82, 2.24) is 0 Å². The highest BCUT2D eigenvalue weighted by Gasteiger charge is 3.07. The molecule has 4 atom stereocenters. The monoisotopic (exact) mass is 810 g/mol. The molecule has 2 heterocycles. The Morgan fingerprint density at radius 3 is 0.457 bits per heavy atom. The van der Waals surface area contributed by atoms with E-state index < -0.39 is 54.5 Å². The van der Waals surface area contributed by atoms with Gasteiger partial charge in [0.05, 0.1) is 27.5 Å². The Balaban J connectivity index is 4.06. The van der Waals surface area contributed by atoms with Crippen molar-refractivity contribution in [3.63, 3.8) is 0 Å². The molecule has 2 rings (SSSR count). The molecular weight excluding hydrogens is 728 g/mol. The first kappa shape index (κ1) is 44.5. The SMILES string of the molecule is CC(C)[Si]1(C(C)C)[Si](C(C)C)(C(C)C)[Si@]2(C(C)C)[Si@@]1(C(C)C)[Si@@](Cl)(C(C)C)[Si](C(C)C)(C(C)C)[Si](C(C)C)(C(C)C)[Si@]2(Cl)C(C)C. The van der Waals surface area contributed by atoms with Gasteiger partial charge in [0.1, 0.15) is 12.8 Å². The average molecular weight is 813 g/mol. The quantitative estimate of drug-likeness (QED) is 0.136. The first-order valence-electron chi connectivity index (χ1n) is 19.9. The molecule has 0 aliphatic carbocycles. The van der Waals surface area contributed by atoms with Crippen LogP contribution in [0.1, 0.15) is 166 Å². The third-order valence-electron chi connectivity index (χ3n) is 16.3. The predicted octanol–water partition coefficient (Wildman–Crippen LogP) is 14.7. The van der Waals surface area contributed by atoms with Gasteiger partial charge in [-0.3, -0.25) is 0 Å². The minimum atomic E-state index is -2.46. The lowest BCUT2D eigenvalue weighted by molar-refractivity contribution is 0.863. The predicted molar refractivity (Wildman–Crippen MR) is 239 cm³/mol. The summed E-state index contributed by atoms with van der Waals surface area (Å²) in [5.74, 6) is 0. The first-order chi connectivity index (χ1) is 20.6. The summed E-state index contributed by atoms with van der Waals surface area (Å²) in [6.45, 7) is 62.3. The van der Waals surface area contributed by atoms with E-state index in [-0.39, 0.29) is 0 Å². The average Bonchev–Trinajstić information content (AvgIpc) is 2.83. The Morgan fingerprint density at radius 1 is 0.217 bits per heavy atom. The van der Waals surface area contributed by atoms with Gasteiger partial charge >= 0.3 is 0 Å². The zero-order valence-corrected chi connectivity index (χ0v) is 45.2. The molecule has 0 saturated carbocycles. The van der Waals surface area contributed by atoms with Crippen molar-refractivity contribution in [3.8, 4) is 0 Å². The van der Waals surface area contributed by atoms with Crippen LogP contribution in [0.2, 0.25) is 66.5 Å². The van der Waals surface area contributed by atoms with Gasteiger partial charge in [0.15, 0.2) is 0 Å². The summed E-state index contributed by atoms with van der Waals surface area (Å²) in [6.07, 6.45) is -4.93. The molecule has 0 aromatic heterocycles. The molecule has 0 aromatic rings. The Kier molecular flexibility index (Phi) is 13.2. The Labute approximate surface area is 307 Å². The molecule has 0 bridgehead atoms. The largest absolute Gasteiger partial charge is 0.175 e. The number of halogens is 2. The van der Waals surface area contributed by atoms with Crippen molar-refractivity contribution >= 4 is 76.7 Å². The van der Waals surface area contributed by atoms with Gasteiger partial charge in [0.2, 0.25) is 0 Å². The number of rotatable bonds is 12. The van der Waals surface area contributed by atoms with Crippen LogP contribution in [0.25, 0.3) is 0 Å². The summed E-state index contributed by atoms with van der Waals surface area (Å²) in [7, 11) is -8.42. The van der Waals surface area contributed by atoms with Gasteiger partial charge in [-0.1, -0.05) is 222 Å². The van der Waals surface area contributed by atoms with Gasteiger partial charge in [0.25, 0.3) is 0 Å². The van der Waals surface area contributed by atoms with Crippen LogP contribution in [0.5, 0.6) is 0 Å². The van der Waals surface area contributed by atoms with Crippen LogP contribution in [0.15, 0.2) is 0 Å². The molecule has 2 fully saturated rings. The molecule has 2 aliphatic heterocycles. The van der Waals surface area contributed by atoms with Crippen LogP contribution in [-0.4, -0.2) is 54.5 Å². The van der Waals surface area contributed by atoms with Crippen molar-refractivity contribution < 1.29 is 0 Å². The lowest BCUT2D eigenvalue weighted by Gasteiger charge is -2.98. The minimum Gasteiger partial charge on any atom is -0.175 e. The highest BCUT2D eigenvalue weighted by Crippen LogP contribution is 2.85. The second kappa shape index (κ2) is 13.6. The molecule has 46 heavy (non-hydrogen) atoms. The Morgan fingerprint density at radius 2 is 0.370 bits per heavy atom. The molecular formula is C36H84Cl2Si8. The molecule has 0 N–H and O–H groups in total. The van der Waals surface area contributed by atoms with Crippen molar-refractivity contribution in [3.05, 3.63) is 0 Å². The maximum absolute atomic E-state index is 9.87. The molecule has 2 saturated heterocycles. The molecule has 0 nitrogen and oxygen atoms in total. The maximum Gasteiger partial charge on any atom is 0.134 e. The third kappa shape index (κ3) is 3.94. The fraction of sp³-hybridized carbons (Fsp3) is 1.00. The van der Waals surface area contributed by atoms with Crippen LogP contribution in [-0.2, 0) is 0 Å². The van der Waals surface area contributed by atoms with Crippen LogP contribution in [0.4, 0.5) is 0 Å². The van der Waals surface area contributed by atoms with Gasteiger partial charge < -0.3 is 0 Å². The molecule has 2 aliphatic rings. The van der Waals surface area contributed by atoms with Gasteiger partial charge in [-0.15, -0.1) is 0 Å². The molecule has 10 heteroatoms. The fourth-order valence-electron chi connectivity index (χ4n) is 18.2. The Bertz CT molecular complexity index is 968. The summed E-state index contributed by atoms with van der Waals surface area (Å²) < 4.78 is 0. The molecule has 0 unspecified atom stereocenters. The standard InChI is InChI=1S/C36H84Cl2Si8/c1-25(2)39(26(3)4)40(27(5)6,28(7)8)44(38,34(19)20)46(36(23)24)42(31(13)14,32(15)16)41(29(9)10,30(11)12)45(46,35(21)22)43(39,37)33(17)18/h25-36H,1-24H3/t43-,44-,45-,46+/m1/s1. The van der Waals surface area contributed by atoms with E-state index in [2.05, 4.69) is 166 Å². The second-order valence-electron chi connectivity index (χ2n) is 20.4. The smallest absolute Gasteiger partial charge is 0.134 e. The third-order valence-corrected chi connectivity index (χ3v) is 273. The summed E-state index contributed by atoms with van der Waals surface area (Å²) >= 11 is 19.7. The van der Waals surface area contributed by atoms with Crippen LogP contribution in [0, 0.1) is 0 Å². The molecule has 274 valence electrons. The summed E-state index contributed by atoms with van der Waals surface area (Å²) in [5.41, 5.74) is 9.07. The molecule has 0 spiro atoms.